The molecule has 8 nitrogen and oxygen atoms in total. The molecular weight excluding hydrogens is 332 g/mol. The Labute approximate surface area is 148 Å². The van der Waals surface area contributed by atoms with Gasteiger partial charge in [-0.15, -0.1) is 5.10 Å². The Morgan fingerprint density at radius 2 is 2.04 bits per heavy atom. The van der Waals surface area contributed by atoms with Crippen LogP contribution < -0.4 is 11.0 Å². The van der Waals surface area contributed by atoms with Crippen LogP contribution in [0.4, 0.5) is 0 Å². The number of hydrogen-bond acceptors (Lipinski definition) is 4. The minimum absolute atomic E-state index is 0.213. The van der Waals surface area contributed by atoms with Gasteiger partial charge < -0.3 is 5.32 Å². The first-order valence-electron chi connectivity index (χ1n) is 8.30. The molecule has 1 aromatic carbocycles. The van der Waals surface area contributed by atoms with E-state index in [9.17, 15) is 9.59 Å². The topological polar surface area (TPSA) is 86.2 Å². The molecule has 0 bridgehead atoms. The predicted molar refractivity (Wildman–Crippen MR) is 97.2 cm³/mol. The quantitative estimate of drug-likeness (QED) is 0.598. The van der Waals surface area contributed by atoms with E-state index in [0.717, 1.165) is 16.5 Å². The van der Waals surface area contributed by atoms with Crippen LogP contribution in [-0.2, 0) is 13.6 Å². The fourth-order valence-electron chi connectivity index (χ4n) is 3.10. The normalized spacial score (nSPS) is 11.3. The molecule has 0 atom stereocenters. The van der Waals surface area contributed by atoms with Crippen LogP contribution in [0, 0.1) is 6.92 Å². The van der Waals surface area contributed by atoms with Crippen molar-refractivity contribution in [1.29, 1.82) is 0 Å². The summed E-state index contributed by atoms with van der Waals surface area (Å²) in [7, 11) is 1.70. The van der Waals surface area contributed by atoms with Gasteiger partial charge in [-0.1, -0.05) is 18.2 Å². The predicted octanol–water partition coefficient (Wildman–Crippen LogP) is 1.12. The highest BCUT2D eigenvalue weighted by Gasteiger charge is 2.13. The van der Waals surface area contributed by atoms with Gasteiger partial charge in [0.25, 0.3) is 5.91 Å². The van der Waals surface area contributed by atoms with Crippen LogP contribution >= 0.6 is 0 Å². The van der Waals surface area contributed by atoms with Crippen molar-refractivity contribution in [3.63, 3.8) is 0 Å². The molecule has 0 fully saturated rings. The lowest BCUT2D eigenvalue weighted by Gasteiger charge is -2.04. The number of nitrogens with one attached hydrogen (secondary N) is 1. The number of aromatic nitrogens is 5. The number of pyridine rings is 1. The maximum Gasteiger partial charge on any atom is 0.350 e. The number of para-hydroxylation sites is 1. The Morgan fingerprint density at radius 1 is 1.23 bits per heavy atom. The number of fused-ring (bicyclic) bond motifs is 3. The van der Waals surface area contributed by atoms with Gasteiger partial charge in [0.2, 0.25) is 0 Å². The summed E-state index contributed by atoms with van der Waals surface area (Å²) >= 11 is 0. The Bertz CT molecular complexity index is 1180. The van der Waals surface area contributed by atoms with Crippen molar-refractivity contribution < 1.29 is 4.79 Å². The zero-order valence-corrected chi connectivity index (χ0v) is 14.5. The maximum absolute atomic E-state index is 12.8. The van der Waals surface area contributed by atoms with Crippen LogP contribution in [-0.4, -0.2) is 36.4 Å². The van der Waals surface area contributed by atoms with Gasteiger partial charge in [0, 0.05) is 19.8 Å². The van der Waals surface area contributed by atoms with Gasteiger partial charge in [-0.2, -0.15) is 5.10 Å². The zero-order chi connectivity index (χ0) is 18.3. The molecule has 132 valence electrons. The monoisotopic (exact) mass is 350 g/mol. The first-order chi connectivity index (χ1) is 12.6. The molecule has 4 rings (SSSR count). The van der Waals surface area contributed by atoms with Crippen LogP contribution in [0.1, 0.15) is 16.1 Å². The van der Waals surface area contributed by atoms with E-state index < -0.39 is 0 Å². The Hall–Kier alpha value is -3.42. The van der Waals surface area contributed by atoms with Crippen molar-refractivity contribution in [2.45, 2.75) is 13.5 Å². The summed E-state index contributed by atoms with van der Waals surface area (Å²) in [5.41, 5.74) is 2.64. The van der Waals surface area contributed by atoms with Crippen LogP contribution in [0.5, 0.6) is 0 Å². The van der Waals surface area contributed by atoms with E-state index in [-0.39, 0.29) is 18.1 Å². The summed E-state index contributed by atoms with van der Waals surface area (Å²) in [6, 6.07) is 11.4. The molecule has 8 heteroatoms. The largest absolute Gasteiger partial charge is 0.350 e. The van der Waals surface area contributed by atoms with Crippen molar-refractivity contribution in [3.05, 3.63) is 64.3 Å². The van der Waals surface area contributed by atoms with Crippen molar-refractivity contribution >= 4 is 22.5 Å². The fraction of sp³-hybridized carbons (Fsp3) is 0.222. The highest BCUT2D eigenvalue weighted by molar-refractivity contribution is 5.92. The number of nitrogens with zero attached hydrogens (tertiary/aromatic N) is 5. The molecule has 0 aliphatic carbocycles. The van der Waals surface area contributed by atoms with E-state index in [1.807, 2.05) is 37.3 Å². The van der Waals surface area contributed by atoms with Gasteiger partial charge in [0.15, 0.2) is 5.65 Å². The molecule has 0 unspecified atom stereocenters. The average Bonchev–Trinajstić information content (AvgIpc) is 3.20. The number of hydrogen-bond donors (Lipinski definition) is 1. The molecule has 0 aliphatic rings. The average molecular weight is 350 g/mol. The van der Waals surface area contributed by atoms with E-state index in [1.165, 1.54) is 9.36 Å². The highest BCUT2D eigenvalue weighted by Crippen LogP contribution is 2.17. The fourth-order valence-corrected chi connectivity index (χ4v) is 3.10. The minimum atomic E-state index is -0.233. The van der Waals surface area contributed by atoms with Gasteiger partial charge >= 0.3 is 5.69 Å². The standard InChI is InChI=1S/C18H18N6O2/c1-12-11-13-5-3-4-6-14(13)24-16(12)21-23(18(24)26)10-9-19-17(25)15-7-8-20-22(15)2/h3-8,11H,9-10H2,1-2H3,(H,19,25). The summed E-state index contributed by atoms with van der Waals surface area (Å²) in [6.07, 6.45) is 1.56. The van der Waals surface area contributed by atoms with Gasteiger partial charge in [-0.3, -0.25) is 9.48 Å². The number of carbonyl (C=O) groups is 1. The Balaban J connectivity index is 1.62. The molecule has 0 saturated heterocycles. The second-order valence-corrected chi connectivity index (χ2v) is 6.15. The van der Waals surface area contributed by atoms with Crippen LogP contribution in [0.3, 0.4) is 0 Å². The van der Waals surface area contributed by atoms with Crippen molar-refractivity contribution in [2.24, 2.45) is 7.05 Å². The third-order valence-corrected chi connectivity index (χ3v) is 4.40. The Kier molecular flexibility index (Phi) is 3.80. The third-order valence-electron chi connectivity index (χ3n) is 4.40. The first-order valence-corrected chi connectivity index (χ1v) is 8.30. The van der Waals surface area contributed by atoms with Gasteiger partial charge in [0.1, 0.15) is 5.69 Å². The highest BCUT2D eigenvalue weighted by atomic mass is 16.2. The second kappa shape index (κ2) is 6.14. The summed E-state index contributed by atoms with van der Waals surface area (Å²) in [6.45, 7) is 2.52. The molecule has 0 saturated carbocycles. The molecule has 1 N–H and O–H groups in total. The van der Waals surface area contributed by atoms with Crippen molar-refractivity contribution in [1.82, 2.24) is 29.3 Å². The smallest absolute Gasteiger partial charge is 0.349 e. The van der Waals surface area contributed by atoms with Crippen LogP contribution in [0.2, 0.25) is 0 Å². The van der Waals surface area contributed by atoms with E-state index in [4.69, 9.17) is 0 Å². The van der Waals surface area contributed by atoms with E-state index in [1.54, 1.807) is 23.7 Å². The van der Waals surface area contributed by atoms with Crippen LogP contribution in [0.15, 0.2) is 47.4 Å². The van der Waals surface area contributed by atoms with Gasteiger partial charge in [-0.25, -0.2) is 13.9 Å². The molecule has 4 aromatic rings. The molecule has 1 amide bonds. The van der Waals surface area contributed by atoms with Gasteiger partial charge in [-0.05, 0) is 36.1 Å². The summed E-state index contributed by atoms with van der Waals surface area (Å²) in [4.78, 5) is 24.9. The molecule has 3 heterocycles. The van der Waals surface area contributed by atoms with Crippen molar-refractivity contribution in [3.8, 4) is 0 Å². The zero-order valence-electron chi connectivity index (χ0n) is 14.5. The molecular formula is C18H18N6O2. The third kappa shape index (κ3) is 2.55. The first kappa shape index (κ1) is 16.1. The lowest BCUT2D eigenvalue weighted by Crippen LogP contribution is -2.32. The van der Waals surface area contributed by atoms with E-state index in [0.29, 0.717) is 17.9 Å². The number of amides is 1. The summed E-state index contributed by atoms with van der Waals surface area (Å²) in [5.74, 6) is -0.233. The molecule has 0 radical (unpaired) electrons. The van der Waals surface area contributed by atoms with Crippen LogP contribution in [0.25, 0.3) is 16.6 Å². The van der Waals surface area contributed by atoms with Crippen molar-refractivity contribution in [2.75, 3.05) is 6.54 Å². The maximum atomic E-state index is 12.8. The Morgan fingerprint density at radius 3 is 2.81 bits per heavy atom. The molecule has 0 spiro atoms. The molecule has 0 aliphatic heterocycles. The minimum Gasteiger partial charge on any atom is -0.349 e. The lowest BCUT2D eigenvalue weighted by molar-refractivity contribution is 0.0942. The number of benzene rings is 1. The SMILES string of the molecule is Cc1cc2ccccc2n2c(=O)n(CCNC(=O)c3ccnn3C)nc12. The molecule has 26 heavy (non-hydrogen) atoms. The summed E-state index contributed by atoms with van der Waals surface area (Å²) < 4.78 is 4.51. The van der Waals surface area contributed by atoms with E-state index >= 15 is 0 Å². The number of rotatable bonds is 4. The lowest BCUT2D eigenvalue weighted by atomic mass is 10.1. The van der Waals surface area contributed by atoms with E-state index in [2.05, 4.69) is 15.5 Å². The number of aryl methyl sites for hydroxylation is 2. The van der Waals surface area contributed by atoms with Gasteiger partial charge in [0.05, 0.1) is 12.1 Å². The molecule has 3 aromatic heterocycles. The summed E-state index contributed by atoms with van der Waals surface area (Å²) in [5, 5.41) is 12.2. The second-order valence-electron chi connectivity index (χ2n) is 6.15. The number of carbonyl (C=O) groups excluding carboxylic acids is 1.